The Kier molecular flexibility index (Phi) is 8.28. The Balaban J connectivity index is 1.19. The number of carbonyl (C=O) groups excluding carboxylic acids is 1. The Hall–Kier alpha value is -2.98. The molecule has 11 heteroatoms. The summed E-state index contributed by atoms with van der Waals surface area (Å²) in [5, 5.41) is 1.01. The highest BCUT2D eigenvalue weighted by Gasteiger charge is 2.45. The predicted octanol–water partition coefficient (Wildman–Crippen LogP) is 4.82. The maximum absolute atomic E-state index is 11.9. The van der Waals surface area contributed by atoms with Gasteiger partial charge in [0, 0.05) is 54.8 Å². The van der Waals surface area contributed by atoms with Crippen molar-refractivity contribution in [2.24, 2.45) is 0 Å². The minimum Gasteiger partial charge on any atom is -0.491 e. The van der Waals surface area contributed by atoms with Crippen LogP contribution >= 0.6 is 23.2 Å². The van der Waals surface area contributed by atoms with Crippen LogP contribution in [0.5, 0.6) is 5.75 Å². The first-order valence-corrected chi connectivity index (χ1v) is 13.3. The van der Waals surface area contributed by atoms with Crippen molar-refractivity contribution in [3.8, 4) is 5.75 Å². The first-order valence-electron chi connectivity index (χ1n) is 12.6. The highest BCUT2D eigenvalue weighted by Crippen LogP contribution is 2.40. The number of amides is 1. The van der Waals surface area contributed by atoms with Gasteiger partial charge in [-0.3, -0.25) is 0 Å². The van der Waals surface area contributed by atoms with Crippen LogP contribution in [0.15, 0.2) is 61.2 Å². The van der Waals surface area contributed by atoms with Gasteiger partial charge in [0.2, 0.25) is 5.79 Å². The largest absolute Gasteiger partial charge is 0.491 e. The topological polar surface area (TPSA) is 78.3 Å². The predicted molar refractivity (Wildman–Crippen MR) is 144 cm³/mol. The van der Waals surface area contributed by atoms with Crippen molar-refractivity contribution < 1.29 is 23.7 Å². The van der Waals surface area contributed by atoms with Crippen LogP contribution in [0.25, 0.3) is 0 Å². The molecule has 5 rings (SSSR count). The number of hydrogen-bond donors (Lipinski definition) is 0. The fraction of sp³-hybridized carbons (Fsp3) is 0.407. The molecule has 0 saturated carbocycles. The Labute approximate surface area is 231 Å². The highest BCUT2D eigenvalue weighted by atomic mass is 35.5. The molecule has 2 aliphatic rings. The summed E-state index contributed by atoms with van der Waals surface area (Å²) in [7, 11) is 0. The average molecular weight is 561 g/mol. The summed E-state index contributed by atoms with van der Waals surface area (Å²) in [5.74, 6) is -0.356. The van der Waals surface area contributed by atoms with Crippen molar-refractivity contribution in [3.05, 3.63) is 76.8 Å². The van der Waals surface area contributed by atoms with Gasteiger partial charge in [-0.15, -0.1) is 0 Å². The van der Waals surface area contributed by atoms with Gasteiger partial charge in [-0.25, -0.2) is 9.78 Å². The van der Waals surface area contributed by atoms with Gasteiger partial charge in [-0.1, -0.05) is 29.3 Å². The molecular formula is C27H30Cl2N4O5. The smallest absolute Gasteiger partial charge is 0.409 e. The molecule has 3 aromatic rings. The number of ether oxygens (including phenoxy) is 4. The normalized spacial score (nSPS) is 21.5. The molecule has 2 unspecified atom stereocenters. The molecule has 9 nitrogen and oxygen atoms in total. The van der Waals surface area contributed by atoms with E-state index in [1.165, 1.54) is 0 Å². The van der Waals surface area contributed by atoms with Crippen LogP contribution in [0.3, 0.4) is 0 Å². The first kappa shape index (κ1) is 26.6. The van der Waals surface area contributed by atoms with E-state index in [9.17, 15) is 4.79 Å². The molecule has 202 valence electrons. The lowest BCUT2D eigenvalue weighted by molar-refractivity contribution is -0.189. The number of nitrogens with zero attached hydrogens (tertiary/aromatic N) is 4. The summed E-state index contributed by atoms with van der Waals surface area (Å²) < 4.78 is 25.7. The molecule has 0 aliphatic carbocycles. The third kappa shape index (κ3) is 6.02. The molecule has 1 amide bonds. The van der Waals surface area contributed by atoms with Crippen molar-refractivity contribution in [1.29, 1.82) is 0 Å². The van der Waals surface area contributed by atoms with E-state index >= 15 is 0 Å². The summed E-state index contributed by atoms with van der Waals surface area (Å²) in [6.07, 6.45) is 4.71. The summed E-state index contributed by atoms with van der Waals surface area (Å²) in [6, 6.07) is 13.2. The van der Waals surface area contributed by atoms with Crippen molar-refractivity contribution in [3.63, 3.8) is 0 Å². The van der Waals surface area contributed by atoms with Gasteiger partial charge in [0.25, 0.3) is 0 Å². The summed E-state index contributed by atoms with van der Waals surface area (Å²) in [5.41, 5.74) is 1.78. The van der Waals surface area contributed by atoms with E-state index in [4.69, 9.17) is 42.1 Å². The Morgan fingerprint density at radius 2 is 1.92 bits per heavy atom. The zero-order valence-corrected chi connectivity index (χ0v) is 22.6. The van der Waals surface area contributed by atoms with Gasteiger partial charge in [-0.2, -0.15) is 0 Å². The fourth-order valence-corrected chi connectivity index (χ4v) is 5.23. The van der Waals surface area contributed by atoms with E-state index in [-0.39, 0.29) is 12.2 Å². The molecule has 38 heavy (non-hydrogen) atoms. The zero-order chi connectivity index (χ0) is 26.5. The highest BCUT2D eigenvalue weighted by molar-refractivity contribution is 6.35. The fourth-order valence-electron chi connectivity index (χ4n) is 4.68. The van der Waals surface area contributed by atoms with Crippen molar-refractivity contribution in [2.75, 3.05) is 50.9 Å². The second-order valence-corrected chi connectivity index (χ2v) is 9.98. The van der Waals surface area contributed by atoms with Crippen LogP contribution in [0.4, 0.5) is 10.5 Å². The minimum absolute atomic E-state index is 0.249. The molecule has 2 aliphatic heterocycles. The van der Waals surface area contributed by atoms with E-state index in [0.29, 0.717) is 55.1 Å². The third-order valence-corrected chi connectivity index (χ3v) is 7.14. The molecule has 2 saturated heterocycles. The molecule has 0 bridgehead atoms. The molecule has 2 aromatic carbocycles. The number of aromatic nitrogens is 2. The van der Waals surface area contributed by atoms with Gasteiger partial charge >= 0.3 is 6.09 Å². The van der Waals surface area contributed by atoms with Crippen LogP contribution in [0, 0.1) is 0 Å². The number of hydrogen-bond acceptors (Lipinski definition) is 7. The molecule has 2 atom stereocenters. The number of piperazine rings is 1. The molecule has 0 spiro atoms. The number of halogens is 2. The van der Waals surface area contributed by atoms with Crippen LogP contribution in [-0.4, -0.2) is 72.6 Å². The third-order valence-electron chi connectivity index (χ3n) is 6.59. The van der Waals surface area contributed by atoms with E-state index in [2.05, 4.69) is 9.88 Å². The van der Waals surface area contributed by atoms with Gasteiger partial charge in [0.05, 0.1) is 31.1 Å². The number of imidazole rings is 1. The summed E-state index contributed by atoms with van der Waals surface area (Å²) in [6.45, 7) is 6.00. The minimum atomic E-state index is -1.09. The number of carbonyl (C=O) groups is 1. The molecule has 0 N–H and O–H groups in total. The summed E-state index contributed by atoms with van der Waals surface area (Å²) >= 11 is 12.7. The van der Waals surface area contributed by atoms with Crippen LogP contribution < -0.4 is 9.64 Å². The molecular weight excluding hydrogens is 531 g/mol. The SMILES string of the molecule is CCOC(=O)N1CCN(c2ccc(OCC3COC(Cn4ccnc4)(c4ccc(Cl)cc4Cl)O3)cc2)CC1. The number of rotatable bonds is 8. The van der Waals surface area contributed by atoms with Crippen molar-refractivity contribution in [1.82, 2.24) is 14.5 Å². The second-order valence-electron chi connectivity index (χ2n) is 9.14. The molecule has 3 heterocycles. The van der Waals surface area contributed by atoms with Gasteiger partial charge in [0.15, 0.2) is 0 Å². The Bertz CT molecular complexity index is 1220. The number of anilines is 1. The van der Waals surface area contributed by atoms with Crippen LogP contribution in [0.1, 0.15) is 12.5 Å². The maximum atomic E-state index is 11.9. The monoisotopic (exact) mass is 560 g/mol. The van der Waals surface area contributed by atoms with Crippen LogP contribution in [0.2, 0.25) is 10.0 Å². The van der Waals surface area contributed by atoms with E-state index < -0.39 is 5.79 Å². The van der Waals surface area contributed by atoms with Gasteiger partial charge in [0.1, 0.15) is 18.5 Å². The lowest BCUT2D eigenvalue weighted by Crippen LogP contribution is -2.48. The van der Waals surface area contributed by atoms with Gasteiger partial charge in [-0.05, 0) is 43.3 Å². The Morgan fingerprint density at radius 3 is 2.61 bits per heavy atom. The molecule has 1 aromatic heterocycles. The maximum Gasteiger partial charge on any atom is 0.409 e. The Morgan fingerprint density at radius 1 is 1.13 bits per heavy atom. The zero-order valence-electron chi connectivity index (χ0n) is 21.1. The lowest BCUT2D eigenvalue weighted by Gasteiger charge is -2.35. The lowest BCUT2D eigenvalue weighted by atomic mass is 10.1. The van der Waals surface area contributed by atoms with Crippen molar-refractivity contribution >= 4 is 35.0 Å². The van der Waals surface area contributed by atoms with Crippen LogP contribution in [-0.2, 0) is 26.5 Å². The quantitative estimate of drug-likeness (QED) is 0.391. The summed E-state index contributed by atoms with van der Waals surface area (Å²) in [4.78, 5) is 20.0. The second kappa shape index (κ2) is 11.8. The van der Waals surface area contributed by atoms with E-state index in [1.807, 2.05) is 48.0 Å². The molecule has 0 radical (unpaired) electrons. The standard InChI is InChI=1S/C27H30Cl2N4O5/c1-2-35-26(34)33-13-11-32(12-14-33)21-4-6-22(7-5-21)36-16-23-17-37-27(38-23,18-31-10-9-30-19-31)24-8-3-20(28)15-25(24)29/h3-10,15,19,23H,2,11-14,16-18H2,1H3. The van der Waals surface area contributed by atoms with E-state index in [0.717, 1.165) is 24.5 Å². The van der Waals surface area contributed by atoms with Crippen molar-refractivity contribution in [2.45, 2.75) is 25.4 Å². The van der Waals surface area contributed by atoms with Gasteiger partial charge < -0.3 is 33.3 Å². The number of benzene rings is 2. The molecule has 2 fully saturated rings. The first-order chi connectivity index (χ1) is 18.5. The van der Waals surface area contributed by atoms with E-state index in [1.54, 1.807) is 29.6 Å². The average Bonchev–Trinajstić information content (AvgIpc) is 3.59.